The van der Waals surface area contributed by atoms with Crippen LogP contribution in [0.15, 0.2) is 53.9 Å². The molecule has 0 spiro atoms. The third kappa shape index (κ3) is 3.05. The van der Waals surface area contributed by atoms with Crippen molar-refractivity contribution in [2.45, 2.75) is 11.7 Å². The van der Waals surface area contributed by atoms with Crippen LogP contribution in [0.1, 0.15) is 5.56 Å². The molecule has 0 amide bonds. The summed E-state index contributed by atoms with van der Waals surface area (Å²) in [5.41, 5.74) is 2.88. The summed E-state index contributed by atoms with van der Waals surface area (Å²) in [6.45, 7) is 0.656. The van der Waals surface area contributed by atoms with E-state index in [9.17, 15) is 4.79 Å². The van der Waals surface area contributed by atoms with Crippen molar-refractivity contribution in [2.24, 2.45) is 0 Å². The number of aliphatic carboxylic acids is 1. The molecule has 0 fully saturated rings. The van der Waals surface area contributed by atoms with E-state index >= 15 is 0 Å². The number of carboxylic acid groups (broad SMARTS) is 1. The Morgan fingerprint density at radius 2 is 2.05 bits per heavy atom. The molecule has 21 heavy (non-hydrogen) atoms. The molecule has 0 aliphatic carbocycles. The summed E-state index contributed by atoms with van der Waals surface area (Å²) < 4.78 is 2.03. The van der Waals surface area contributed by atoms with Crippen LogP contribution in [0.25, 0.3) is 11.0 Å². The van der Waals surface area contributed by atoms with Gasteiger partial charge in [-0.05, 0) is 11.6 Å². The number of pyridine rings is 1. The largest absolute Gasteiger partial charge is 0.481 e. The monoisotopic (exact) mass is 299 g/mol. The van der Waals surface area contributed by atoms with Crippen LogP contribution in [0, 0.1) is 0 Å². The van der Waals surface area contributed by atoms with Gasteiger partial charge in [-0.2, -0.15) is 0 Å². The van der Waals surface area contributed by atoms with Crippen LogP contribution in [-0.4, -0.2) is 31.4 Å². The highest BCUT2D eigenvalue weighted by Gasteiger charge is 2.13. The first-order valence-electron chi connectivity index (χ1n) is 6.43. The first-order valence-corrected chi connectivity index (χ1v) is 7.41. The lowest BCUT2D eigenvalue weighted by Gasteiger charge is -2.08. The standard InChI is InChI=1S/C15H13N3O2S/c19-14(20)10-21-15-17-12-8-16-7-6-13(12)18(15)9-11-4-2-1-3-5-11/h1-8H,9-10H2,(H,19,20). The number of fused-ring (bicyclic) bond motifs is 1. The van der Waals surface area contributed by atoms with E-state index in [2.05, 4.69) is 9.97 Å². The van der Waals surface area contributed by atoms with Gasteiger partial charge in [0.2, 0.25) is 0 Å². The van der Waals surface area contributed by atoms with Crippen LogP contribution in [0.2, 0.25) is 0 Å². The maximum Gasteiger partial charge on any atom is 0.313 e. The molecule has 0 saturated heterocycles. The third-order valence-electron chi connectivity index (χ3n) is 3.02. The van der Waals surface area contributed by atoms with Gasteiger partial charge < -0.3 is 9.67 Å². The quantitative estimate of drug-likeness (QED) is 0.734. The molecule has 0 aliphatic heterocycles. The zero-order valence-corrected chi connectivity index (χ0v) is 12.0. The maximum absolute atomic E-state index is 10.8. The van der Waals surface area contributed by atoms with Gasteiger partial charge in [-0.15, -0.1) is 0 Å². The number of carboxylic acids is 1. The van der Waals surface area contributed by atoms with Gasteiger partial charge in [0.1, 0.15) is 5.52 Å². The summed E-state index contributed by atoms with van der Waals surface area (Å²) in [7, 11) is 0. The molecule has 6 heteroatoms. The number of nitrogens with zero attached hydrogens (tertiary/aromatic N) is 3. The van der Waals surface area contributed by atoms with Gasteiger partial charge in [0.15, 0.2) is 5.16 Å². The minimum Gasteiger partial charge on any atom is -0.481 e. The summed E-state index contributed by atoms with van der Waals surface area (Å²) in [6.07, 6.45) is 3.42. The number of hydrogen-bond acceptors (Lipinski definition) is 4. The normalized spacial score (nSPS) is 10.9. The highest BCUT2D eigenvalue weighted by molar-refractivity contribution is 7.99. The molecule has 106 valence electrons. The Morgan fingerprint density at radius 1 is 1.24 bits per heavy atom. The number of aromatic nitrogens is 3. The molecule has 3 rings (SSSR count). The molecule has 5 nitrogen and oxygen atoms in total. The highest BCUT2D eigenvalue weighted by Crippen LogP contribution is 2.24. The van der Waals surface area contributed by atoms with Crippen molar-refractivity contribution in [2.75, 3.05) is 5.75 Å². The lowest BCUT2D eigenvalue weighted by molar-refractivity contribution is -0.133. The Bertz CT molecular complexity index is 771. The van der Waals surface area contributed by atoms with Crippen molar-refractivity contribution in [1.82, 2.24) is 14.5 Å². The summed E-state index contributed by atoms with van der Waals surface area (Å²) in [5.74, 6) is -0.859. The minimum atomic E-state index is -0.851. The van der Waals surface area contributed by atoms with Crippen LogP contribution in [0.4, 0.5) is 0 Å². The first kappa shape index (κ1) is 13.6. The number of benzene rings is 1. The van der Waals surface area contributed by atoms with Crippen LogP contribution < -0.4 is 0 Å². The molecule has 0 radical (unpaired) electrons. The van der Waals surface area contributed by atoms with Crippen molar-refractivity contribution < 1.29 is 9.90 Å². The predicted octanol–water partition coefficient (Wildman–Crippen LogP) is 2.66. The Morgan fingerprint density at radius 3 is 2.81 bits per heavy atom. The van der Waals surface area contributed by atoms with Crippen molar-refractivity contribution >= 4 is 28.8 Å². The number of imidazole rings is 1. The van der Waals surface area contributed by atoms with Gasteiger partial charge >= 0.3 is 5.97 Å². The predicted molar refractivity (Wildman–Crippen MR) is 81.4 cm³/mol. The van der Waals surface area contributed by atoms with Crippen molar-refractivity contribution in [3.8, 4) is 0 Å². The second-order valence-electron chi connectivity index (χ2n) is 4.51. The number of thioether (sulfide) groups is 1. The fourth-order valence-electron chi connectivity index (χ4n) is 2.11. The number of rotatable bonds is 5. The molecule has 0 saturated carbocycles. The maximum atomic E-state index is 10.8. The minimum absolute atomic E-state index is 0.00839. The molecular weight excluding hydrogens is 286 g/mol. The van der Waals surface area contributed by atoms with Gasteiger partial charge in [0, 0.05) is 6.20 Å². The number of hydrogen-bond donors (Lipinski definition) is 1. The van der Waals surface area contributed by atoms with E-state index in [0.29, 0.717) is 11.7 Å². The Kier molecular flexibility index (Phi) is 3.87. The SMILES string of the molecule is O=C(O)CSc1nc2cnccc2n1Cc1ccccc1. The summed E-state index contributed by atoms with van der Waals surface area (Å²) in [4.78, 5) is 19.3. The van der Waals surface area contributed by atoms with Crippen LogP contribution >= 0.6 is 11.8 Å². The van der Waals surface area contributed by atoms with Crippen LogP contribution in [0.5, 0.6) is 0 Å². The Balaban J connectivity index is 2.00. The van der Waals surface area contributed by atoms with E-state index < -0.39 is 5.97 Å². The molecule has 2 aromatic heterocycles. The topological polar surface area (TPSA) is 68.0 Å². The molecule has 1 N–H and O–H groups in total. The fraction of sp³-hybridized carbons (Fsp3) is 0.133. The van der Waals surface area contributed by atoms with Gasteiger partial charge in [-0.3, -0.25) is 9.78 Å². The van der Waals surface area contributed by atoms with Gasteiger partial charge in [-0.25, -0.2) is 4.98 Å². The van der Waals surface area contributed by atoms with E-state index in [1.165, 1.54) is 11.8 Å². The molecule has 0 unspecified atom stereocenters. The first-order chi connectivity index (χ1) is 10.2. The Labute approximate surface area is 125 Å². The summed E-state index contributed by atoms with van der Waals surface area (Å²) in [6, 6.07) is 11.9. The van der Waals surface area contributed by atoms with E-state index in [1.54, 1.807) is 12.4 Å². The summed E-state index contributed by atoms with van der Waals surface area (Å²) in [5, 5.41) is 9.56. The van der Waals surface area contributed by atoms with Crippen LogP contribution in [0.3, 0.4) is 0 Å². The van der Waals surface area contributed by atoms with E-state index in [4.69, 9.17) is 5.11 Å². The molecule has 2 heterocycles. The zero-order chi connectivity index (χ0) is 14.7. The van der Waals surface area contributed by atoms with E-state index in [0.717, 1.165) is 16.6 Å². The third-order valence-corrected chi connectivity index (χ3v) is 3.98. The highest BCUT2D eigenvalue weighted by atomic mass is 32.2. The van der Waals surface area contributed by atoms with Crippen molar-refractivity contribution in [3.05, 3.63) is 54.4 Å². The molecule has 0 aliphatic rings. The molecule has 0 atom stereocenters. The fourth-order valence-corrected chi connectivity index (χ4v) is 2.85. The summed E-state index contributed by atoms with van der Waals surface area (Å²) >= 11 is 1.22. The number of carbonyl (C=O) groups is 1. The van der Waals surface area contributed by atoms with Crippen molar-refractivity contribution in [3.63, 3.8) is 0 Å². The average Bonchev–Trinajstić information content (AvgIpc) is 2.84. The average molecular weight is 299 g/mol. The molecule has 3 aromatic rings. The van der Waals surface area contributed by atoms with Crippen LogP contribution in [-0.2, 0) is 11.3 Å². The van der Waals surface area contributed by atoms with Crippen molar-refractivity contribution in [1.29, 1.82) is 0 Å². The lowest BCUT2D eigenvalue weighted by atomic mass is 10.2. The van der Waals surface area contributed by atoms with Gasteiger partial charge in [0.05, 0.1) is 24.0 Å². The molecular formula is C15H13N3O2S. The second kappa shape index (κ2) is 5.97. The smallest absolute Gasteiger partial charge is 0.313 e. The van der Waals surface area contributed by atoms with E-state index in [-0.39, 0.29) is 5.75 Å². The molecule has 1 aromatic carbocycles. The second-order valence-corrected chi connectivity index (χ2v) is 5.46. The Hall–Kier alpha value is -2.34. The van der Waals surface area contributed by atoms with Gasteiger partial charge in [0.25, 0.3) is 0 Å². The molecule has 0 bridgehead atoms. The van der Waals surface area contributed by atoms with Gasteiger partial charge in [-0.1, -0.05) is 42.1 Å². The zero-order valence-electron chi connectivity index (χ0n) is 11.1. The van der Waals surface area contributed by atoms with E-state index in [1.807, 2.05) is 41.0 Å². The lowest BCUT2D eigenvalue weighted by Crippen LogP contribution is -2.04.